The van der Waals surface area contributed by atoms with Crippen LogP contribution < -0.4 is 5.32 Å². The van der Waals surface area contributed by atoms with Crippen LogP contribution in [0.5, 0.6) is 0 Å². The lowest BCUT2D eigenvalue weighted by Crippen LogP contribution is -2.18. The van der Waals surface area contributed by atoms with Crippen molar-refractivity contribution in [2.45, 2.75) is 19.3 Å². The van der Waals surface area contributed by atoms with Crippen LogP contribution in [0.25, 0.3) is 0 Å². The molecule has 0 spiro atoms. The highest BCUT2D eigenvalue weighted by atomic mass is 35.5. The molecule has 1 aromatic carbocycles. The minimum atomic E-state index is -1.05. The number of hydrogen-bond donors (Lipinski definition) is 2. The van der Waals surface area contributed by atoms with Crippen molar-refractivity contribution < 1.29 is 14.7 Å². The van der Waals surface area contributed by atoms with Crippen molar-refractivity contribution in [1.29, 1.82) is 0 Å². The van der Waals surface area contributed by atoms with Gasteiger partial charge < -0.3 is 10.4 Å². The zero-order chi connectivity index (χ0) is 14.7. The van der Waals surface area contributed by atoms with Gasteiger partial charge in [0.15, 0.2) is 0 Å². The third-order valence-corrected chi connectivity index (χ3v) is 5.67. The van der Waals surface area contributed by atoms with E-state index in [9.17, 15) is 9.59 Å². The van der Waals surface area contributed by atoms with Gasteiger partial charge in [0.05, 0.1) is 5.56 Å². The molecule has 0 radical (unpaired) electrons. The van der Waals surface area contributed by atoms with Crippen LogP contribution in [0.2, 0.25) is 5.02 Å². The van der Waals surface area contributed by atoms with E-state index in [0.717, 1.165) is 11.8 Å². The van der Waals surface area contributed by atoms with Gasteiger partial charge in [0.2, 0.25) is 5.91 Å². The second-order valence-corrected chi connectivity index (χ2v) is 6.97. The summed E-state index contributed by atoms with van der Waals surface area (Å²) in [5.41, 5.74) is 0.566. The Morgan fingerprint density at radius 2 is 1.81 bits per heavy atom. The molecule has 2 bridgehead atoms. The zero-order valence-electron chi connectivity index (χ0n) is 11.4. The van der Waals surface area contributed by atoms with Gasteiger partial charge in [-0.05, 0) is 61.1 Å². The number of amides is 1. The first-order chi connectivity index (χ1) is 10.0. The second-order valence-electron chi connectivity index (χ2n) is 6.54. The number of carbonyl (C=O) groups excluding carboxylic acids is 1. The molecule has 2 N–H and O–H groups in total. The van der Waals surface area contributed by atoms with Gasteiger partial charge in [-0.25, -0.2) is 4.79 Å². The molecule has 3 saturated carbocycles. The van der Waals surface area contributed by atoms with E-state index >= 15 is 0 Å². The molecule has 4 atom stereocenters. The average molecular weight is 306 g/mol. The van der Waals surface area contributed by atoms with E-state index in [-0.39, 0.29) is 17.4 Å². The Kier molecular flexibility index (Phi) is 2.80. The Hall–Kier alpha value is -1.55. The number of rotatable bonds is 3. The smallest absolute Gasteiger partial charge is 0.335 e. The SMILES string of the molecule is O=C(O)c1cc(Cl)cc(NC(=O)C2C3C4CCC(C4)C23)c1. The monoisotopic (exact) mass is 305 g/mol. The highest BCUT2D eigenvalue weighted by Gasteiger charge is 2.67. The van der Waals surface area contributed by atoms with Crippen LogP contribution in [-0.4, -0.2) is 17.0 Å². The Balaban J connectivity index is 1.50. The second kappa shape index (κ2) is 4.47. The number of benzene rings is 1. The van der Waals surface area contributed by atoms with Gasteiger partial charge in [-0.2, -0.15) is 0 Å². The number of anilines is 1. The summed E-state index contributed by atoms with van der Waals surface area (Å²) in [4.78, 5) is 23.4. The first-order valence-electron chi connectivity index (χ1n) is 7.39. The molecule has 4 rings (SSSR count). The van der Waals surface area contributed by atoms with Crippen molar-refractivity contribution in [3.63, 3.8) is 0 Å². The predicted octanol–water partition coefficient (Wildman–Crippen LogP) is 3.27. The van der Waals surface area contributed by atoms with Crippen molar-refractivity contribution in [3.05, 3.63) is 28.8 Å². The average Bonchev–Trinajstić information content (AvgIpc) is 2.87. The Morgan fingerprint density at radius 3 is 2.43 bits per heavy atom. The molecule has 3 aliphatic rings. The number of halogens is 1. The molecule has 1 amide bonds. The van der Waals surface area contributed by atoms with Gasteiger partial charge in [0.25, 0.3) is 0 Å². The number of aromatic carboxylic acids is 1. The largest absolute Gasteiger partial charge is 0.478 e. The minimum absolute atomic E-state index is 0.0280. The maximum absolute atomic E-state index is 12.4. The Bertz CT molecular complexity index is 628. The number of carboxylic acid groups (broad SMARTS) is 1. The highest BCUT2D eigenvalue weighted by molar-refractivity contribution is 6.31. The lowest BCUT2D eigenvalue weighted by molar-refractivity contribution is -0.118. The molecular formula is C16H16ClNO3. The first kappa shape index (κ1) is 13.1. The molecule has 0 heterocycles. The summed E-state index contributed by atoms with van der Waals surface area (Å²) in [6.07, 6.45) is 3.85. The first-order valence-corrected chi connectivity index (χ1v) is 7.77. The summed E-state index contributed by atoms with van der Waals surface area (Å²) in [5, 5.41) is 12.2. The predicted molar refractivity (Wildman–Crippen MR) is 78.3 cm³/mol. The van der Waals surface area contributed by atoms with Crippen LogP contribution in [0.4, 0.5) is 5.69 Å². The van der Waals surface area contributed by atoms with Crippen molar-refractivity contribution in [2.75, 3.05) is 5.32 Å². The maximum Gasteiger partial charge on any atom is 0.335 e. The van der Waals surface area contributed by atoms with E-state index in [1.54, 1.807) is 6.07 Å². The van der Waals surface area contributed by atoms with Crippen LogP contribution in [-0.2, 0) is 4.79 Å². The van der Waals surface area contributed by atoms with E-state index < -0.39 is 5.97 Å². The molecule has 0 saturated heterocycles. The fraction of sp³-hybridized carbons (Fsp3) is 0.500. The van der Waals surface area contributed by atoms with E-state index in [1.165, 1.54) is 31.4 Å². The standard InChI is InChI=1S/C16H16ClNO3/c17-10-4-9(16(20)21)5-11(6-10)18-15(19)14-12-7-1-2-8(3-7)13(12)14/h4-8,12-14H,1-3H2,(H,18,19)(H,20,21). The molecule has 3 aliphatic carbocycles. The van der Waals surface area contributed by atoms with E-state index in [4.69, 9.17) is 16.7 Å². The quantitative estimate of drug-likeness (QED) is 0.900. The number of hydrogen-bond acceptors (Lipinski definition) is 2. The Morgan fingerprint density at radius 1 is 1.14 bits per heavy atom. The van der Waals surface area contributed by atoms with Crippen LogP contribution in [0, 0.1) is 29.6 Å². The molecule has 110 valence electrons. The normalized spacial score (nSPS) is 35.4. The van der Waals surface area contributed by atoms with Crippen LogP contribution in [0.1, 0.15) is 29.6 Å². The van der Waals surface area contributed by atoms with Crippen molar-refractivity contribution in [3.8, 4) is 0 Å². The summed E-state index contributed by atoms with van der Waals surface area (Å²) >= 11 is 5.91. The molecule has 0 aromatic heterocycles. The number of fused-ring (bicyclic) bond motifs is 5. The summed E-state index contributed by atoms with van der Waals surface area (Å²) in [6.45, 7) is 0. The zero-order valence-corrected chi connectivity index (χ0v) is 12.1. The number of carboxylic acids is 1. The molecular weight excluding hydrogens is 290 g/mol. The van der Waals surface area contributed by atoms with Gasteiger partial charge >= 0.3 is 5.97 Å². The highest BCUT2D eigenvalue weighted by Crippen LogP contribution is 2.69. The van der Waals surface area contributed by atoms with Crippen LogP contribution >= 0.6 is 11.6 Å². The Labute approximate surface area is 127 Å². The summed E-state index contributed by atoms with van der Waals surface area (Å²) in [6, 6.07) is 4.43. The van der Waals surface area contributed by atoms with E-state index in [0.29, 0.717) is 22.5 Å². The summed E-state index contributed by atoms with van der Waals surface area (Å²) in [5.74, 6) is 1.73. The van der Waals surface area contributed by atoms with Crippen molar-refractivity contribution in [2.24, 2.45) is 29.6 Å². The minimum Gasteiger partial charge on any atom is -0.478 e. The topological polar surface area (TPSA) is 66.4 Å². The molecule has 0 aliphatic heterocycles. The molecule has 4 nitrogen and oxygen atoms in total. The third-order valence-electron chi connectivity index (χ3n) is 5.45. The molecule has 21 heavy (non-hydrogen) atoms. The van der Waals surface area contributed by atoms with Crippen LogP contribution in [0.3, 0.4) is 0 Å². The third kappa shape index (κ3) is 2.04. The lowest BCUT2D eigenvalue weighted by atomic mass is 10.0. The molecule has 3 fully saturated rings. The van der Waals surface area contributed by atoms with E-state index in [2.05, 4.69) is 5.32 Å². The fourth-order valence-electron chi connectivity index (χ4n) is 4.69. The van der Waals surface area contributed by atoms with Gasteiger partial charge in [-0.15, -0.1) is 0 Å². The van der Waals surface area contributed by atoms with Gasteiger partial charge in [0.1, 0.15) is 0 Å². The molecule has 1 aromatic rings. The summed E-state index contributed by atoms with van der Waals surface area (Å²) < 4.78 is 0. The molecule has 5 heteroatoms. The number of carbonyl (C=O) groups is 2. The van der Waals surface area contributed by atoms with Crippen LogP contribution in [0.15, 0.2) is 18.2 Å². The van der Waals surface area contributed by atoms with E-state index in [1.807, 2.05) is 0 Å². The van der Waals surface area contributed by atoms with Gasteiger partial charge in [-0.3, -0.25) is 4.79 Å². The van der Waals surface area contributed by atoms with Gasteiger partial charge in [-0.1, -0.05) is 11.6 Å². The van der Waals surface area contributed by atoms with Crippen molar-refractivity contribution >= 4 is 29.2 Å². The molecule has 4 unspecified atom stereocenters. The van der Waals surface area contributed by atoms with Gasteiger partial charge in [0, 0.05) is 16.6 Å². The lowest BCUT2D eigenvalue weighted by Gasteiger charge is -2.10. The van der Waals surface area contributed by atoms with Crippen molar-refractivity contribution in [1.82, 2.24) is 0 Å². The fourth-order valence-corrected chi connectivity index (χ4v) is 4.92. The maximum atomic E-state index is 12.4. The number of nitrogens with one attached hydrogen (secondary N) is 1. The summed E-state index contributed by atoms with van der Waals surface area (Å²) in [7, 11) is 0.